The lowest BCUT2D eigenvalue weighted by atomic mass is 10.0. The molecule has 0 amide bonds. The van der Waals surface area contributed by atoms with Crippen LogP contribution < -0.4 is 10.5 Å². The van der Waals surface area contributed by atoms with Gasteiger partial charge in [-0.2, -0.15) is 0 Å². The van der Waals surface area contributed by atoms with E-state index in [9.17, 15) is 4.79 Å². The van der Waals surface area contributed by atoms with Gasteiger partial charge >= 0.3 is 0 Å². The van der Waals surface area contributed by atoms with Gasteiger partial charge in [-0.1, -0.05) is 6.92 Å². The van der Waals surface area contributed by atoms with Gasteiger partial charge in [0.05, 0.1) is 6.61 Å². The maximum atomic E-state index is 11.6. The largest absolute Gasteiger partial charge is 0.493 e. The fraction of sp³-hybridized carbons (Fsp3) is 0.462. The summed E-state index contributed by atoms with van der Waals surface area (Å²) in [5, 5.41) is 0. The van der Waals surface area contributed by atoms with Crippen molar-refractivity contribution in [2.45, 2.75) is 26.3 Å². The highest BCUT2D eigenvalue weighted by molar-refractivity contribution is 6.17. The number of Topliss-reactive ketones (excluding diaryl/α,β-unsaturated/α-hetero) is 1. The van der Waals surface area contributed by atoms with Gasteiger partial charge in [-0.25, -0.2) is 0 Å². The molecule has 0 radical (unpaired) electrons. The van der Waals surface area contributed by atoms with Gasteiger partial charge in [0.2, 0.25) is 0 Å². The molecule has 0 aliphatic carbocycles. The summed E-state index contributed by atoms with van der Waals surface area (Å²) in [6, 6.07) is 5.39. The van der Waals surface area contributed by atoms with E-state index in [0.29, 0.717) is 31.0 Å². The molecular weight excluding hydrogens is 238 g/mol. The Hall–Kier alpha value is -1.06. The van der Waals surface area contributed by atoms with Gasteiger partial charge < -0.3 is 10.5 Å². The van der Waals surface area contributed by atoms with E-state index >= 15 is 0 Å². The molecule has 1 aromatic carbocycles. The molecule has 1 aromatic rings. The summed E-state index contributed by atoms with van der Waals surface area (Å²) < 4.78 is 5.56. The van der Waals surface area contributed by atoms with E-state index in [1.54, 1.807) is 12.1 Å². The van der Waals surface area contributed by atoms with Gasteiger partial charge in [0, 0.05) is 30.0 Å². The van der Waals surface area contributed by atoms with Crippen LogP contribution in [-0.2, 0) is 6.54 Å². The molecule has 0 atom stereocenters. The topological polar surface area (TPSA) is 52.3 Å². The van der Waals surface area contributed by atoms with E-state index in [2.05, 4.69) is 0 Å². The quantitative estimate of drug-likeness (QED) is 0.463. The van der Waals surface area contributed by atoms with E-state index in [1.807, 2.05) is 13.0 Å². The van der Waals surface area contributed by atoms with Crippen LogP contribution in [0.3, 0.4) is 0 Å². The zero-order chi connectivity index (χ0) is 12.7. The number of carbonyl (C=O) groups excluding carboxylic acids is 1. The van der Waals surface area contributed by atoms with Crippen molar-refractivity contribution in [1.82, 2.24) is 0 Å². The first-order valence-electron chi connectivity index (χ1n) is 5.77. The smallest absolute Gasteiger partial charge is 0.162 e. The van der Waals surface area contributed by atoms with Gasteiger partial charge in [-0.05, 0) is 24.6 Å². The second kappa shape index (κ2) is 7.30. The second-order valence-corrected chi connectivity index (χ2v) is 4.07. The van der Waals surface area contributed by atoms with E-state index < -0.39 is 0 Å². The Morgan fingerprint density at radius 2 is 2.24 bits per heavy atom. The van der Waals surface area contributed by atoms with E-state index in [1.165, 1.54) is 0 Å². The highest BCUT2D eigenvalue weighted by Gasteiger charge is 2.08. The minimum absolute atomic E-state index is 0.118. The highest BCUT2D eigenvalue weighted by Crippen LogP contribution is 2.20. The SMILES string of the molecule is CCC(=O)c1ccc(OCCCCl)c(CN)c1. The molecule has 0 aliphatic rings. The van der Waals surface area contributed by atoms with Crippen LogP contribution in [0.4, 0.5) is 0 Å². The van der Waals surface area contributed by atoms with Crippen molar-refractivity contribution in [2.75, 3.05) is 12.5 Å². The molecule has 4 heteroatoms. The van der Waals surface area contributed by atoms with Gasteiger partial charge in [0.25, 0.3) is 0 Å². The Bertz CT molecular complexity index is 380. The molecule has 0 saturated heterocycles. The molecule has 0 fully saturated rings. The standard InChI is InChI=1S/C13H18ClNO2/c1-2-12(16)10-4-5-13(11(8-10)9-15)17-7-3-6-14/h4-5,8H,2-3,6-7,9,15H2,1H3. The van der Waals surface area contributed by atoms with Crippen molar-refractivity contribution in [3.63, 3.8) is 0 Å². The van der Waals surface area contributed by atoms with Gasteiger partial charge in [-0.3, -0.25) is 4.79 Å². The zero-order valence-corrected chi connectivity index (χ0v) is 10.8. The van der Waals surface area contributed by atoms with E-state index in [0.717, 1.165) is 17.7 Å². The van der Waals surface area contributed by atoms with Crippen molar-refractivity contribution in [2.24, 2.45) is 5.73 Å². The molecule has 2 N–H and O–H groups in total. The summed E-state index contributed by atoms with van der Waals surface area (Å²) in [5.41, 5.74) is 7.20. The van der Waals surface area contributed by atoms with E-state index in [-0.39, 0.29) is 5.78 Å². The molecule has 0 aliphatic heterocycles. The first-order valence-corrected chi connectivity index (χ1v) is 6.31. The third-order valence-corrected chi connectivity index (χ3v) is 2.73. The number of ether oxygens (including phenoxy) is 1. The van der Waals surface area contributed by atoms with Crippen molar-refractivity contribution in [3.05, 3.63) is 29.3 Å². The number of hydrogen-bond donors (Lipinski definition) is 1. The summed E-state index contributed by atoms with van der Waals surface area (Å²) in [6.45, 7) is 2.77. The summed E-state index contributed by atoms with van der Waals surface area (Å²) in [5.74, 6) is 1.43. The van der Waals surface area contributed by atoms with Crippen molar-refractivity contribution in [1.29, 1.82) is 0 Å². The number of rotatable bonds is 7. The molecule has 0 saturated carbocycles. The first kappa shape index (κ1) is 14.0. The average Bonchev–Trinajstić information content (AvgIpc) is 2.38. The lowest BCUT2D eigenvalue weighted by Crippen LogP contribution is -2.06. The maximum absolute atomic E-state index is 11.6. The monoisotopic (exact) mass is 255 g/mol. The molecule has 17 heavy (non-hydrogen) atoms. The molecule has 0 aromatic heterocycles. The lowest BCUT2D eigenvalue weighted by Gasteiger charge is -2.11. The number of carbonyl (C=O) groups is 1. The average molecular weight is 256 g/mol. The fourth-order valence-electron chi connectivity index (χ4n) is 1.49. The summed E-state index contributed by atoms with van der Waals surface area (Å²) in [6.07, 6.45) is 1.29. The summed E-state index contributed by atoms with van der Waals surface area (Å²) >= 11 is 5.58. The summed E-state index contributed by atoms with van der Waals surface area (Å²) in [4.78, 5) is 11.6. The number of nitrogens with two attached hydrogens (primary N) is 1. The minimum Gasteiger partial charge on any atom is -0.493 e. The van der Waals surface area contributed by atoms with E-state index in [4.69, 9.17) is 22.1 Å². The molecule has 94 valence electrons. The third-order valence-electron chi connectivity index (χ3n) is 2.46. The normalized spacial score (nSPS) is 10.3. The van der Waals surface area contributed by atoms with Crippen LogP contribution in [0.1, 0.15) is 35.7 Å². The number of ketones is 1. The van der Waals surface area contributed by atoms with Gasteiger partial charge in [0.15, 0.2) is 5.78 Å². The van der Waals surface area contributed by atoms with Crippen LogP contribution in [0.5, 0.6) is 5.75 Å². The second-order valence-electron chi connectivity index (χ2n) is 3.69. The van der Waals surface area contributed by atoms with Crippen molar-refractivity contribution in [3.8, 4) is 5.75 Å². The maximum Gasteiger partial charge on any atom is 0.162 e. The lowest BCUT2D eigenvalue weighted by molar-refractivity contribution is 0.0988. The number of hydrogen-bond acceptors (Lipinski definition) is 3. The molecule has 0 bridgehead atoms. The number of alkyl halides is 1. The first-order chi connectivity index (χ1) is 8.22. The third kappa shape index (κ3) is 4.02. The number of benzene rings is 1. The fourth-order valence-corrected chi connectivity index (χ4v) is 1.60. The predicted molar refractivity (Wildman–Crippen MR) is 69.8 cm³/mol. The molecule has 0 heterocycles. The molecule has 0 unspecified atom stereocenters. The Morgan fingerprint density at radius 1 is 1.47 bits per heavy atom. The minimum atomic E-state index is 0.118. The van der Waals surface area contributed by atoms with Crippen molar-refractivity contribution >= 4 is 17.4 Å². The Labute approximate surface area is 107 Å². The Kier molecular flexibility index (Phi) is 6.01. The van der Waals surface area contributed by atoms with Crippen LogP contribution in [0.2, 0.25) is 0 Å². The van der Waals surface area contributed by atoms with Gasteiger partial charge in [0.1, 0.15) is 5.75 Å². The van der Waals surface area contributed by atoms with Crippen LogP contribution >= 0.6 is 11.6 Å². The molecule has 3 nitrogen and oxygen atoms in total. The van der Waals surface area contributed by atoms with Crippen LogP contribution in [0, 0.1) is 0 Å². The van der Waals surface area contributed by atoms with Crippen molar-refractivity contribution < 1.29 is 9.53 Å². The zero-order valence-electron chi connectivity index (χ0n) is 10.0. The number of halogens is 1. The molecular formula is C13H18ClNO2. The molecule has 0 spiro atoms. The van der Waals surface area contributed by atoms with Gasteiger partial charge in [-0.15, -0.1) is 11.6 Å². The Morgan fingerprint density at radius 3 is 2.82 bits per heavy atom. The Balaban J connectivity index is 2.81. The van der Waals surface area contributed by atoms with Crippen LogP contribution in [-0.4, -0.2) is 18.3 Å². The summed E-state index contributed by atoms with van der Waals surface area (Å²) in [7, 11) is 0. The predicted octanol–water partition coefficient (Wildman–Crippen LogP) is 2.75. The highest BCUT2D eigenvalue weighted by atomic mass is 35.5. The van der Waals surface area contributed by atoms with Crippen LogP contribution in [0.15, 0.2) is 18.2 Å². The van der Waals surface area contributed by atoms with Crippen LogP contribution in [0.25, 0.3) is 0 Å². The molecule has 1 rings (SSSR count).